The van der Waals surface area contributed by atoms with Crippen LogP contribution in [0.4, 0.5) is 0 Å². The third-order valence-corrected chi connectivity index (χ3v) is 4.74. The van der Waals surface area contributed by atoms with Crippen LogP contribution in [-0.4, -0.2) is 34.0 Å². The van der Waals surface area contributed by atoms with Crippen LogP contribution in [0.15, 0.2) is 12.2 Å². The molecule has 0 aliphatic heterocycles. The molecule has 0 aliphatic rings. The second-order valence-electron chi connectivity index (χ2n) is 3.38. The fourth-order valence-corrected chi connectivity index (χ4v) is 3.60. The van der Waals surface area contributed by atoms with Gasteiger partial charge < -0.3 is 13.3 Å². The van der Waals surface area contributed by atoms with Crippen molar-refractivity contribution in [1.29, 1.82) is 0 Å². The van der Waals surface area contributed by atoms with Crippen molar-refractivity contribution in [3.05, 3.63) is 12.2 Å². The average Bonchev–Trinajstić information content (AvgIpc) is 2.25. The van der Waals surface area contributed by atoms with Gasteiger partial charge in [0.2, 0.25) is 5.41 Å². The van der Waals surface area contributed by atoms with Crippen molar-refractivity contribution in [2.75, 3.05) is 19.8 Å². The van der Waals surface area contributed by atoms with Gasteiger partial charge in [0.05, 0.1) is 0 Å². The van der Waals surface area contributed by atoms with E-state index in [1.54, 1.807) is 6.92 Å². The highest BCUT2D eigenvalue weighted by molar-refractivity contribution is 6.94. The van der Waals surface area contributed by atoms with E-state index >= 15 is 0 Å². The minimum absolute atomic E-state index is 0.218. The number of rotatable bonds is 9. The number of hydrogen-bond donors (Lipinski definition) is 0. The van der Waals surface area contributed by atoms with Gasteiger partial charge in [0.25, 0.3) is 0 Å². The lowest BCUT2D eigenvalue weighted by atomic mass is 10.4. The van der Waals surface area contributed by atoms with Crippen molar-refractivity contribution in [3.8, 4) is 0 Å². The molecule has 0 aromatic carbocycles. The monoisotopic (exact) mass is 246 g/mol. The molecule has 0 aliphatic carbocycles. The van der Waals surface area contributed by atoms with Crippen molar-refractivity contribution >= 4 is 14.2 Å². The molecule has 0 amide bonds. The quantitative estimate of drug-likeness (QED) is 0.462. The van der Waals surface area contributed by atoms with Crippen LogP contribution in [0.2, 0.25) is 0 Å². The Bertz CT molecular complexity index is 234. The molecular formula is C11H22O4Si. The molecule has 0 bridgehead atoms. The maximum Gasteiger partial charge on any atom is 0.579 e. The van der Waals surface area contributed by atoms with E-state index in [0.717, 1.165) is 6.42 Å². The van der Waals surface area contributed by atoms with Crippen molar-refractivity contribution < 1.29 is 18.1 Å². The first-order valence-corrected chi connectivity index (χ1v) is 7.38. The molecule has 16 heavy (non-hydrogen) atoms. The van der Waals surface area contributed by atoms with Gasteiger partial charge in [0, 0.05) is 19.8 Å². The van der Waals surface area contributed by atoms with E-state index in [1.807, 2.05) is 20.8 Å². The highest BCUT2D eigenvalue weighted by Crippen LogP contribution is 2.15. The summed E-state index contributed by atoms with van der Waals surface area (Å²) >= 11 is 0. The van der Waals surface area contributed by atoms with Gasteiger partial charge >= 0.3 is 8.80 Å². The van der Waals surface area contributed by atoms with E-state index in [1.165, 1.54) is 0 Å². The van der Waals surface area contributed by atoms with Crippen LogP contribution in [0.25, 0.3) is 0 Å². The maximum absolute atomic E-state index is 12.0. The molecule has 0 heterocycles. The normalized spacial score (nSPS) is 11.5. The summed E-state index contributed by atoms with van der Waals surface area (Å²) in [5, 5.41) is -0.218. The predicted molar refractivity (Wildman–Crippen MR) is 65.1 cm³/mol. The van der Waals surface area contributed by atoms with Crippen molar-refractivity contribution in [3.63, 3.8) is 0 Å². The third kappa shape index (κ3) is 4.17. The van der Waals surface area contributed by atoms with E-state index in [2.05, 4.69) is 6.58 Å². The Morgan fingerprint density at radius 2 is 1.62 bits per heavy atom. The molecule has 0 aromatic rings. The lowest BCUT2D eigenvalue weighted by Gasteiger charge is -2.27. The van der Waals surface area contributed by atoms with Crippen LogP contribution in [0.3, 0.4) is 0 Å². The molecule has 94 valence electrons. The Balaban J connectivity index is 4.90. The van der Waals surface area contributed by atoms with Gasteiger partial charge in [0.1, 0.15) is 0 Å². The molecule has 0 aromatic heterocycles. The Kier molecular flexibility index (Phi) is 7.49. The molecule has 0 saturated heterocycles. The molecule has 0 fully saturated rings. The first-order valence-electron chi connectivity index (χ1n) is 5.66. The second-order valence-corrected chi connectivity index (χ2v) is 5.81. The van der Waals surface area contributed by atoms with E-state index in [4.69, 9.17) is 13.3 Å². The summed E-state index contributed by atoms with van der Waals surface area (Å²) in [6.45, 7) is 12.2. The Morgan fingerprint density at radius 3 is 1.94 bits per heavy atom. The van der Waals surface area contributed by atoms with Gasteiger partial charge in [-0.2, -0.15) is 0 Å². The summed E-state index contributed by atoms with van der Waals surface area (Å²) in [5.41, 5.74) is 0.421. The minimum Gasteiger partial charge on any atom is -0.368 e. The van der Waals surface area contributed by atoms with Gasteiger partial charge in [-0.05, 0) is 32.8 Å². The molecule has 0 saturated carbocycles. The largest absolute Gasteiger partial charge is 0.579 e. The zero-order valence-corrected chi connectivity index (χ0v) is 11.7. The molecule has 0 N–H and O–H groups in total. The number of carbonyl (C=O) groups excluding carboxylic acids is 1. The van der Waals surface area contributed by atoms with Crippen LogP contribution in [-0.2, 0) is 18.1 Å². The lowest BCUT2D eigenvalue weighted by molar-refractivity contribution is -0.116. The van der Waals surface area contributed by atoms with Gasteiger partial charge in [0.15, 0.2) is 0 Å². The standard InChI is InChI=1S/C11H22O4Si/c1-6-9-15-16(13-7-2,14-8-3)11(12)10(4)5/h4,6-9H2,1-3,5H3. The third-order valence-electron chi connectivity index (χ3n) is 1.83. The Hall–Kier alpha value is -0.493. The molecule has 5 heteroatoms. The van der Waals surface area contributed by atoms with Gasteiger partial charge in [-0.1, -0.05) is 13.5 Å². The maximum atomic E-state index is 12.0. The van der Waals surface area contributed by atoms with E-state index in [-0.39, 0.29) is 5.41 Å². The van der Waals surface area contributed by atoms with Crippen LogP contribution in [0.5, 0.6) is 0 Å². The van der Waals surface area contributed by atoms with E-state index < -0.39 is 8.80 Å². The van der Waals surface area contributed by atoms with Gasteiger partial charge in [-0.15, -0.1) is 0 Å². The van der Waals surface area contributed by atoms with E-state index in [0.29, 0.717) is 25.4 Å². The first kappa shape index (κ1) is 15.5. The summed E-state index contributed by atoms with van der Waals surface area (Å²) < 4.78 is 16.5. The highest BCUT2D eigenvalue weighted by atomic mass is 28.4. The van der Waals surface area contributed by atoms with Crippen molar-refractivity contribution in [2.24, 2.45) is 0 Å². The SMILES string of the molecule is C=C(C)C(=O)[Si](OCC)(OCC)OCCC. The Labute approximate surface area is 99.0 Å². The molecule has 0 spiro atoms. The molecule has 0 rings (SSSR count). The Morgan fingerprint density at radius 1 is 1.12 bits per heavy atom. The van der Waals surface area contributed by atoms with Crippen LogP contribution < -0.4 is 0 Å². The van der Waals surface area contributed by atoms with Crippen LogP contribution in [0, 0.1) is 0 Å². The molecular weight excluding hydrogens is 224 g/mol. The fraction of sp³-hybridized carbons (Fsp3) is 0.727. The van der Waals surface area contributed by atoms with Gasteiger partial charge in [-0.25, -0.2) is 0 Å². The van der Waals surface area contributed by atoms with E-state index in [9.17, 15) is 4.79 Å². The summed E-state index contributed by atoms with van der Waals surface area (Å²) in [5.74, 6) is 0. The molecule has 4 nitrogen and oxygen atoms in total. The number of carbonyl (C=O) groups is 1. The highest BCUT2D eigenvalue weighted by Gasteiger charge is 2.50. The summed E-state index contributed by atoms with van der Waals surface area (Å²) in [6.07, 6.45) is 0.818. The minimum atomic E-state index is -3.22. The number of allylic oxidation sites excluding steroid dienone is 1. The van der Waals surface area contributed by atoms with Crippen LogP contribution >= 0.6 is 0 Å². The summed E-state index contributed by atoms with van der Waals surface area (Å²) in [7, 11) is -3.22. The zero-order valence-electron chi connectivity index (χ0n) is 10.7. The average molecular weight is 246 g/mol. The predicted octanol–water partition coefficient (Wildman–Crippen LogP) is 2.11. The topological polar surface area (TPSA) is 44.8 Å². The van der Waals surface area contributed by atoms with Crippen molar-refractivity contribution in [1.82, 2.24) is 0 Å². The second kappa shape index (κ2) is 7.73. The molecule has 0 atom stereocenters. The summed E-state index contributed by atoms with van der Waals surface area (Å²) in [6, 6.07) is 0. The van der Waals surface area contributed by atoms with Gasteiger partial charge in [-0.3, -0.25) is 4.79 Å². The lowest BCUT2D eigenvalue weighted by Crippen LogP contribution is -2.54. The summed E-state index contributed by atoms with van der Waals surface area (Å²) in [4.78, 5) is 12.0. The first-order chi connectivity index (χ1) is 7.54. The molecule has 0 unspecified atom stereocenters. The fourth-order valence-electron chi connectivity index (χ4n) is 1.20. The van der Waals surface area contributed by atoms with Crippen LogP contribution in [0.1, 0.15) is 34.1 Å². The van der Waals surface area contributed by atoms with Crippen molar-refractivity contribution in [2.45, 2.75) is 34.1 Å². The zero-order chi connectivity index (χ0) is 12.6. The smallest absolute Gasteiger partial charge is 0.368 e. The molecule has 0 radical (unpaired) electrons. The number of hydrogen-bond acceptors (Lipinski definition) is 4.